The highest BCUT2D eigenvalue weighted by molar-refractivity contribution is 6.10. The topological polar surface area (TPSA) is 73.9 Å². The van der Waals surface area contributed by atoms with Gasteiger partial charge in [-0.15, -0.1) is 0 Å². The first-order chi connectivity index (χ1) is 13.3. The van der Waals surface area contributed by atoms with Gasteiger partial charge in [0, 0.05) is 37.6 Å². The lowest BCUT2D eigenvalue weighted by Gasteiger charge is -2.33. The standard InChI is InChI=1S/C21H25N5O/c27-19(23-11-15-3-4-15)10-14-5-8-26(9-6-14)18-13-25-21-20(18)16-2-1-7-22-17(16)12-24-21/h1-2,7,12-15,22H,3-6,8-11H2,(H,23,27). The maximum atomic E-state index is 12.1. The summed E-state index contributed by atoms with van der Waals surface area (Å²) in [6.45, 7) is 2.81. The van der Waals surface area contributed by atoms with E-state index in [-0.39, 0.29) is 5.91 Å². The summed E-state index contributed by atoms with van der Waals surface area (Å²) < 4.78 is 0. The van der Waals surface area contributed by atoms with E-state index in [1.54, 1.807) is 0 Å². The maximum Gasteiger partial charge on any atom is 0.220 e. The highest BCUT2D eigenvalue weighted by Gasteiger charge is 2.26. The van der Waals surface area contributed by atoms with Gasteiger partial charge in [-0.3, -0.25) is 4.79 Å². The number of rotatable bonds is 5. The summed E-state index contributed by atoms with van der Waals surface area (Å²) in [5.41, 5.74) is 3.00. The van der Waals surface area contributed by atoms with Crippen molar-refractivity contribution in [2.24, 2.45) is 11.8 Å². The SMILES string of the molecule is O=C(CC1CCN(c2cnc3ncc4[nH]cccc4c23)CC1)NCC1CC1. The molecule has 140 valence electrons. The van der Waals surface area contributed by atoms with Gasteiger partial charge < -0.3 is 15.2 Å². The van der Waals surface area contributed by atoms with Gasteiger partial charge in [0.2, 0.25) is 5.91 Å². The summed E-state index contributed by atoms with van der Waals surface area (Å²) in [6.07, 6.45) is 11.0. The Balaban J connectivity index is 1.28. The number of aromatic nitrogens is 3. The van der Waals surface area contributed by atoms with E-state index in [9.17, 15) is 4.79 Å². The van der Waals surface area contributed by atoms with Crippen LogP contribution in [0.3, 0.4) is 0 Å². The van der Waals surface area contributed by atoms with Crippen molar-refractivity contribution in [1.82, 2.24) is 20.3 Å². The van der Waals surface area contributed by atoms with Crippen LogP contribution in [0.5, 0.6) is 0 Å². The Morgan fingerprint density at radius 3 is 2.78 bits per heavy atom. The van der Waals surface area contributed by atoms with E-state index < -0.39 is 0 Å². The molecule has 2 aliphatic rings. The maximum absolute atomic E-state index is 12.1. The molecule has 2 N–H and O–H groups in total. The van der Waals surface area contributed by atoms with Crippen LogP contribution in [0.15, 0.2) is 30.7 Å². The number of fused-ring (bicyclic) bond motifs is 3. The summed E-state index contributed by atoms with van der Waals surface area (Å²) in [7, 11) is 0. The largest absolute Gasteiger partial charge is 0.370 e. The molecule has 1 saturated heterocycles. The predicted molar refractivity (Wildman–Crippen MR) is 107 cm³/mol. The van der Waals surface area contributed by atoms with E-state index in [0.29, 0.717) is 12.3 Å². The Hall–Kier alpha value is -2.63. The fraction of sp³-hybridized carbons (Fsp3) is 0.476. The van der Waals surface area contributed by atoms with E-state index in [2.05, 4.69) is 31.2 Å². The van der Waals surface area contributed by atoms with E-state index in [1.165, 1.54) is 18.5 Å². The van der Waals surface area contributed by atoms with Gasteiger partial charge in [-0.2, -0.15) is 0 Å². The van der Waals surface area contributed by atoms with Crippen LogP contribution < -0.4 is 10.2 Å². The molecular formula is C21H25N5O. The number of H-pyrrole nitrogens is 1. The van der Waals surface area contributed by atoms with E-state index in [4.69, 9.17) is 0 Å². The number of nitrogens with one attached hydrogen (secondary N) is 2. The zero-order valence-electron chi connectivity index (χ0n) is 15.4. The molecule has 0 bridgehead atoms. The Kier molecular flexibility index (Phi) is 4.19. The molecule has 0 radical (unpaired) electrons. The van der Waals surface area contributed by atoms with E-state index >= 15 is 0 Å². The van der Waals surface area contributed by atoms with Gasteiger partial charge in [-0.1, -0.05) is 6.07 Å². The van der Waals surface area contributed by atoms with Crippen molar-refractivity contribution >= 4 is 33.5 Å². The number of amides is 1. The molecule has 1 aliphatic heterocycles. The second-order valence-electron chi connectivity index (χ2n) is 7.98. The monoisotopic (exact) mass is 363 g/mol. The lowest BCUT2D eigenvalue weighted by molar-refractivity contribution is -0.122. The van der Waals surface area contributed by atoms with Gasteiger partial charge in [0.25, 0.3) is 0 Å². The molecule has 27 heavy (non-hydrogen) atoms. The third-order valence-corrected chi connectivity index (χ3v) is 5.98. The summed E-state index contributed by atoms with van der Waals surface area (Å²) in [5, 5.41) is 5.39. The van der Waals surface area contributed by atoms with Crippen LogP contribution in [0.1, 0.15) is 32.1 Å². The molecule has 0 spiro atoms. The van der Waals surface area contributed by atoms with Crippen LogP contribution >= 0.6 is 0 Å². The molecule has 1 aliphatic carbocycles. The zero-order chi connectivity index (χ0) is 18.2. The lowest BCUT2D eigenvalue weighted by atomic mass is 9.93. The number of carbonyl (C=O) groups excluding carboxylic acids is 1. The minimum Gasteiger partial charge on any atom is -0.370 e. The molecule has 0 aromatic carbocycles. The number of nitrogens with zero attached hydrogens (tertiary/aromatic N) is 3. The minimum atomic E-state index is 0.228. The Bertz CT molecular complexity index is 969. The van der Waals surface area contributed by atoms with Crippen molar-refractivity contribution in [1.29, 1.82) is 0 Å². The molecule has 4 heterocycles. The highest BCUT2D eigenvalue weighted by Crippen LogP contribution is 2.34. The smallest absolute Gasteiger partial charge is 0.220 e. The van der Waals surface area contributed by atoms with E-state index in [1.807, 2.05) is 24.7 Å². The number of carbonyl (C=O) groups is 1. The quantitative estimate of drug-likeness (QED) is 0.730. The zero-order valence-corrected chi connectivity index (χ0v) is 15.4. The molecule has 0 atom stereocenters. The van der Waals surface area contributed by atoms with Crippen LogP contribution in [0, 0.1) is 11.8 Å². The number of hydrogen-bond acceptors (Lipinski definition) is 4. The van der Waals surface area contributed by atoms with Crippen molar-refractivity contribution in [3.63, 3.8) is 0 Å². The predicted octanol–water partition coefficient (Wildman–Crippen LogP) is 3.24. The summed E-state index contributed by atoms with van der Waals surface area (Å²) in [6, 6.07) is 4.14. The second kappa shape index (κ2) is 6.83. The average Bonchev–Trinajstić information content (AvgIpc) is 3.43. The van der Waals surface area contributed by atoms with Crippen LogP contribution in [0.25, 0.3) is 21.9 Å². The van der Waals surface area contributed by atoms with Gasteiger partial charge in [0.15, 0.2) is 5.65 Å². The average molecular weight is 363 g/mol. The number of aromatic amines is 1. The Morgan fingerprint density at radius 2 is 1.96 bits per heavy atom. The Labute approximate surface area is 158 Å². The number of piperidine rings is 1. The van der Waals surface area contributed by atoms with Gasteiger partial charge in [-0.05, 0) is 43.6 Å². The van der Waals surface area contributed by atoms with Crippen molar-refractivity contribution in [2.75, 3.05) is 24.5 Å². The van der Waals surface area contributed by atoms with Crippen LogP contribution in [-0.4, -0.2) is 40.5 Å². The van der Waals surface area contributed by atoms with Crippen molar-refractivity contribution in [3.8, 4) is 0 Å². The van der Waals surface area contributed by atoms with Gasteiger partial charge in [0.05, 0.1) is 29.0 Å². The fourth-order valence-electron chi connectivity index (χ4n) is 4.15. The lowest BCUT2D eigenvalue weighted by Crippen LogP contribution is -2.36. The van der Waals surface area contributed by atoms with Gasteiger partial charge >= 0.3 is 0 Å². The van der Waals surface area contributed by atoms with Crippen molar-refractivity contribution in [2.45, 2.75) is 32.1 Å². The molecule has 6 nitrogen and oxygen atoms in total. The third-order valence-electron chi connectivity index (χ3n) is 5.98. The molecule has 3 aromatic rings. The summed E-state index contributed by atoms with van der Waals surface area (Å²) >= 11 is 0. The molecular weight excluding hydrogens is 338 g/mol. The normalized spacial score (nSPS) is 18.3. The van der Waals surface area contributed by atoms with Crippen molar-refractivity contribution < 1.29 is 4.79 Å². The highest BCUT2D eigenvalue weighted by atomic mass is 16.1. The summed E-state index contributed by atoms with van der Waals surface area (Å²) in [4.78, 5) is 26.8. The minimum absolute atomic E-state index is 0.228. The van der Waals surface area contributed by atoms with E-state index in [0.717, 1.165) is 60.3 Å². The Morgan fingerprint density at radius 1 is 1.15 bits per heavy atom. The molecule has 5 rings (SSSR count). The molecule has 3 aromatic heterocycles. The van der Waals surface area contributed by atoms with Crippen LogP contribution in [0.2, 0.25) is 0 Å². The molecule has 2 fully saturated rings. The summed E-state index contributed by atoms with van der Waals surface area (Å²) in [5.74, 6) is 1.46. The first-order valence-electron chi connectivity index (χ1n) is 10.0. The second-order valence-corrected chi connectivity index (χ2v) is 7.98. The van der Waals surface area contributed by atoms with Crippen LogP contribution in [0.4, 0.5) is 5.69 Å². The van der Waals surface area contributed by atoms with Crippen molar-refractivity contribution in [3.05, 3.63) is 30.7 Å². The third kappa shape index (κ3) is 3.36. The molecule has 0 unspecified atom stereocenters. The number of pyridine rings is 2. The molecule has 1 saturated carbocycles. The van der Waals surface area contributed by atoms with Gasteiger partial charge in [-0.25, -0.2) is 9.97 Å². The first kappa shape index (κ1) is 16.5. The fourth-order valence-corrected chi connectivity index (χ4v) is 4.15. The molecule has 6 heteroatoms. The number of hydrogen-bond donors (Lipinski definition) is 2. The first-order valence-corrected chi connectivity index (χ1v) is 10.0. The van der Waals surface area contributed by atoms with Crippen LogP contribution in [-0.2, 0) is 4.79 Å². The van der Waals surface area contributed by atoms with Gasteiger partial charge in [0.1, 0.15) is 0 Å². The number of anilines is 1. The molecule has 1 amide bonds.